The molecule has 0 saturated heterocycles. The molecule has 3 aromatic rings. The van der Waals surface area contributed by atoms with Crippen molar-refractivity contribution in [3.63, 3.8) is 0 Å². The number of ether oxygens (including phenoxy) is 1. The number of hydrogen-bond donors (Lipinski definition) is 1. The monoisotopic (exact) mass is 424 g/mol. The van der Waals surface area contributed by atoms with Crippen molar-refractivity contribution in [2.45, 2.75) is 37.8 Å². The number of anilines is 1. The summed E-state index contributed by atoms with van der Waals surface area (Å²) in [5.41, 5.74) is 0.595. The summed E-state index contributed by atoms with van der Waals surface area (Å²) in [6.45, 7) is 0. The van der Waals surface area contributed by atoms with Crippen molar-refractivity contribution in [2.24, 2.45) is 0 Å². The van der Waals surface area contributed by atoms with Gasteiger partial charge < -0.3 is 14.5 Å². The number of nitrogens with zero attached hydrogens (tertiary/aromatic N) is 1. The Kier molecular flexibility index (Phi) is 6.18. The largest absolute Gasteiger partial charge is 0.497 e. The van der Waals surface area contributed by atoms with Crippen molar-refractivity contribution in [3.8, 4) is 5.75 Å². The van der Waals surface area contributed by atoms with Crippen LogP contribution < -0.4 is 15.0 Å². The molecular weight excluding hydrogens is 400 g/mol. The van der Waals surface area contributed by atoms with Crippen LogP contribution in [0.5, 0.6) is 5.75 Å². The van der Waals surface area contributed by atoms with Crippen molar-refractivity contribution in [1.29, 1.82) is 0 Å². The minimum absolute atomic E-state index is 0.149. The normalized spacial score (nSPS) is 15.0. The lowest BCUT2D eigenvalue weighted by Crippen LogP contribution is -2.46. The number of thiophene rings is 1. The number of amides is 2. The van der Waals surface area contributed by atoms with E-state index in [2.05, 4.69) is 5.32 Å². The molecule has 1 atom stereocenters. The summed E-state index contributed by atoms with van der Waals surface area (Å²) in [5.74, 6) is 0.304. The van der Waals surface area contributed by atoms with Gasteiger partial charge in [-0.3, -0.25) is 14.5 Å². The van der Waals surface area contributed by atoms with Gasteiger partial charge in [-0.2, -0.15) is 0 Å². The van der Waals surface area contributed by atoms with E-state index in [9.17, 15) is 9.59 Å². The molecule has 2 heterocycles. The molecule has 4 rings (SSSR count). The summed E-state index contributed by atoms with van der Waals surface area (Å²) in [4.78, 5) is 29.2. The van der Waals surface area contributed by atoms with Gasteiger partial charge in [-0.25, -0.2) is 0 Å². The van der Waals surface area contributed by atoms with Gasteiger partial charge in [-0.15, -0.1) is 11.3 Å². The highest BCUT2D eigenvalue weighted by atomic mass is 32.1. The Bertz CT molecular complexity index is 961. The number of nitrogens with one attached hydrogen (secondary N) is 1. The molecule has 2 aromatic heterocycles. The Balaban J connectivity index is 1.75. The number of hydrogen-bond acceptors (Lipinski definition) is 5. The fraction of sp³-hybridized carbons (Fsp3) is 0.304. The Morgan fingerprint density at radius 3 is 2.50 bits per heavy atom. The molecule has 7 heteroatoms. The van der Waals surface area contributed by atoms with Gasteiger partial charge in [0.05, 0.1) is 13.4 Å². The van der Waals surface area contributed by atoms with Crippen LogP contribution >= 0.6 is 11.3 Å². The lowest BCUT2D eigenvalue weighted by molar-refractivity contribution is -0.123. The third-order valence-corrected chi connectivity index (χ3v) is 6.25. The smallest absolute Gasteiger partial charge is 0.295 e. The molecule has 30 heavy (non-hydrogen) atoms. The van der Waals surface area contributed by atoms with Gasteiger partial charge in [-0.05, 0) is 60.7 Å². The number of furan rings is 1. The second-order valence-corrected chi connectivity index (χ2v) is 8.24. The average molecular weight is 425 g/mol. The lowest BCUT2D eigenvalue weighted by Gasteiger charge is -2.31. The van der Waals surface area contributed by atoms with E-state index in [4.69, 9.17) is 9.15 Å². The van der Waals surface area contributed by atoms with Gasteiger partial charge in [-0.1, -0.05) is 18.9 Å². The number of carbonyl (C=O) groups excluding carboxylic acids is 2. The second kappa shape index (κ2) is 9.17. The van der Waals surface area contributed by atoms with Crippen molar-refractivity contribution >= 4 is 28.8 Å². The fourth-order valence-electron chi connectivity index (χ4n) is 3.82. The molecule has 1 saturated carbocycles. The van der Waals surface area contributed by atoms with E-state index in [0.29, 0.717) is 11.4 Å². The van der Waals surface area contributed by atoms with Gasteiger partial charge in [0, 0.05) is 16.6 Å². The average Bonchev–Trinajstić information content (AvgIpc) is 3.55. The molecule has 0 unspecified atom stereocenters. The number of benzene rings is 1. The van der Waals surface area contributed by atoms with E-state index >= 15 is 0 Å². The van der Waals surface area contributed by atoms with Gasteiger partial charge in [0.25, 0.3) is 5.91 Å². The maximum Gasteiger partial charge on any atom is 0.295 e. The second-order valence-electron chi connectivity index (χ2n) is 7.26. The highest BCUT2D eigenvalue weighted by Crippen LogP contribution is 2.33. The van der Waals surface area contributed by atoms with E-state index in [-0.39, 0.29) is 23.6 Å². The molecule has 0 aliphatic heterocycles. The molecule has 1 aliphatic rings. The molecule has 1 fully saturated rings. The summed E-state index contributed by atoms with van der Waals surface area (Å²) in [6, 6.07) is 13.5. The summed E-state index contributed by atoms with van der Waals surface area (Å²) in [6.07, 6.45) is 5.62. The van der Waals surface area contributed by atoms with Crippen LogP contribution in [0.1, 0.15) is 47.2 Å². The fourth-order valence-corrected chi connectivity index (χ4v) is 4.63. The highest BCUT2D eigenvalue weighted by Gasteiger charge is 2.36. The minimum Gasteiger partial charge on any atom is -0.497 e. The number of methoxy groups -OCH3 is 1. The molecule has 0 bridgehead atoms. The molecule has 0 spiro atoms. The Hall–Kier alpha value is -3.06. The van der Waals surface area contributed by atoms with Crippen molar-refractivity contribution < 1.29 is 18.7 Å². The molecule has 156 valence electrons. The van der Waals surface area contributed by atoms with E-state index in [1.807, 2.05) is 17.5 Å². The standard InChI is InChI=1S/C23H24N2O4S/c1-28-18-12-10-17(11-13-18)25(23(27)19-8-4-14-29-19)21(20-9-5-15-30-20)22(26)24-16-6-2-3-7-16/h4-5,8-16,21H,2-3,6-7H2,1H3,(H,24,26)/t21-/m1/s1. The highest BCUT2D eigenvalue weighted by molar-refractivity contribution is 7.10. The van der Waals surface area contributed by atoms with Crippen LogP contribution in [0.2, 0.25) is 0 Å². The first kappa shape index (κ1) is 20.2. The zero-order valence-corrected chi connectivity index (χ0v) is 17.6. The van der Waals surface area contributed by atoms with E-state index in [0.717, 1.165) is 30.6 Å². The number of rotatable bonds is 7. The van der Waals surface area contributed by atoms with Crippen LogP contribution in [0.15, 0.2) is 64.6 Å². The van der Waals surface area contributed by atoms with Gasteiger partial charge in [0.15, 0.2) is 11.8 Å². The molecule has 1 aromatic carbocycles. The van der Waals surface area contributed by atoms with Crippen LogP contribution in [-0.2, 0) is 4.79 Å². The van der Waals surface area contributed by atoms with E-state index in [1.54, 1.807) is 43.5 Å². The van der Waals surface area contributed by atoms with Crippen molar-refractivity contribution in [2.75, 3.05) is 12.0 Å². The zero-order chi connectivity index (χ0) is 20.9. The lowest BCUT2D eigenvalue weighted by atomic mass is 10.1. The topological polar surface area (TPSA) is 71.8 Å². The van der Waals surface area contributed by atoms with Crippen LogP contribution in [0.25, 0.3) is 0 Å². The first-order valence-electron chi connectivity index (χ1n) is 10.0. The Morgan fingerprint density at radius 1 is 1.13 bits per heavy atom. The van der Waals surface area contributed by atoms with Gasteiger partial charge in [0.1, 0.15) is 5.75 Å². The Labute approximate surface area is 179 Å². The molecule has 0 radical (unpaired) electrons. The molecule has 2 amide bonds. The third kappa shape index (κ3) is 4.26. The predicted molar refractivity (Wildman–Crippen MR) is 116 cm³/mol. The van der Waals surface area contributed by atoms with E-state index < -0.39 is 6.04 Å². The third-order valence-electron chi connectivity index (χ3n) is 5.32. The maximum absolute atomic E-state index is 13.5. The van der Waals surface area contributed by atoms with Crippen molar-refractivity contribution in [3.05, 3.63) is 70.8 Å². The Morgan fingerprint density at radius 2 is 1.90 bits per heavy atom. The zero-order valence-electron chi connectivity index (χ0n) is 16.7. The molecule has 1 aliphatic carbocycles. The summed E-state index contributed by atoms with van der Waals surface area (Å²) < 4.78 is 10.6. The van der Waals surface area contributed by atoms with Crippen LogP contribution in [0, 0.1) is 0 Å². The van der Waals surface area contributed by atoms with Crippen molar-refractivity contribution in [1.82, 2.24) is 5.32 Å². The van der Waals surface area contributed by atoms with Crippen LogP contribution in [-0.4, -0.2) is 25.0 Å². The number of carbonyl (C=O) groups is 2. The first-order chi connectivity index (χ1) is 14.7. The SMILES string of the molecule is COc1ccc(N(C(=O)c2ccco2)[C@@H](C(=O)NC2CCCC2)c2cccs2)cc1. The van der Waals surface area contributed by atoms with Gasteiger partial charge >= 0.3 is 0 Å². The molecular formula is C23H24N2O4S. The summed E-state index contributed by atoms with van der Waals surface area (Å²) in [5, 5.41) is 5.07. The maximum atomic E-state index is 13.5. The molecule has 6 nitrogen and oxygen atoms in total. The summed E-state index contributed by atoms with van der Waals surface area (Å²) >= 11 is 1.45. The van der Waals surface area contributed by atoms with Crippen LogP contribution in [0.3, 0.4) is 0 Å². The molecule has 1 N–H and O–H groups in total. The van der Waals surface area contributed by atoms with Gasteiger partial charge in [0.2, 0.25) is 5.91 Å². The predicted octanol–water partition coefficient (Wildman–Crippen LogP) is 4.80. The van der Waals surface area contributed by atoms with Crippen LogP contribution in [0.4, 0.5) is 5.69 Å². The summed E-state index contributed by atoms with van der Waals surface area (Å²) in [7, 11) is 1.59. The quantitative estimate of drug-likeness (QED) is 0.592. The van der Waals surface area contributed by atoms with E-state index in [1.165, 1.54) is 22.5 Å². The minimum atomic E-state index is -0.795. The first-order valence-corrected chi connectivity index (χ1v) is 10.9.